The van der Waals surface area contributed by atoms with Crippen LogP contribution in [0, 0.1) is 0 Å². The summed E-state index contributed by atoms with van der Waals surface area (Å²) in [7, 11) is 1.54. The van der Waals surface area contributed by atoms with E-state index in [0.29, 0.717) is 22.7 Å². The predicted octanol–water partition coefficient (Wildman–Crippen LogP) is 3.10. The molecule has 3 rings (SSSR count). The number of aromatic nitrogens is 1. The first-order chi connectivity index (χ1) is 11.7. The Morgan fingerprint density at radius 2 is 1.67 bits per heavy atom. The van der Waals surface area contributed by atoms with Gasteiger partial charge >= 0.3 is 0 Å². The normalized spacial score (nSPS) is 10.2. The van der Waals surface area contributed by atoms with Gasteiger partial charge in [-0.3, -0.25) is 14.2 Å². The summed E-state index contributed by atoms with van der Waals surface area (Å²) < 4.78 is 6.69. The lowest BCUT2D eigenvalue weighted by Crippen LogP contribution is -2.21. The molecule has 1 heterocycles. The van der Waals surface area contributed by atoms with Gasteiger partial charge in [0.05, 0.1) is 24.0 Å². The number of anilines is 1. The molecule has 0 aliphatic carbocycles. The number of hydrogen-bond acceptors (Lipinski definition) is 3. The van der Waals surface area contributed by atoms with Crippen molar-refractivity contribution in [3.05, 3.63) is 88.8 Å². The predicted molar refractivity (Wildman–Crippen MR) is 93.0 cm³/mol. The SMILES string of the molecule is COc1ccccc1NC(=O)c1ccccc1-n1ccccc1=O. The number of nitrogens with zero attached hydrogens (tertiary/aromatic N) is 1. The molecule has 120 valence electrons. The van der Waals surface area contributed by atoms with E-state index in [1.165, 1.54) is 10.6 Å². The molecular formula is C19H16N2O3. The number of carbonyl (C=O) groups excluding carboxylic acids is 1. The minimum Gasteiger partial charge on any atom is -0.495 e. The Balaban J connectivity index is 2.00. The van der Waals surface area contributed by atoms with Gasteiger partial charge in [0.15, 0.2) is 0 Å². The van der Waals surface area contributed by atoms with Crippen molar-refractivity contribution in [3.63, 3.8) is 0 Å². The van der Waals surface area contributed by atoms with E-state index in [9.17, 15) is 9.59 Å². The second-order valence-corrected chi connectivity index (χ2v) is 5.08. The van der Waals surface area contributed by atoms with Gasteiger partial charge in [-0.15, -0.1) is 0 Å². The molecule has 0 fully saturated rings. The van der Waals surface area contributed by atoms with E-state index in [-0.39, 0.29) is 11.5 Å². The van der Waals surface area contributed by atoms with Crippen LogP contribution in [0.1, 0.15) is 10.4 Å². The van der Waals surface area contributed by atoms with Gasteiger partial charge in [-0.05, 0) is 30.3 Å². The summed E-state index contributed by atoms with van der Waals surface area (Å²) in [6.07, 6.45) is 1.64. The van der Waals surface area contributed by atoms with Crippen molar-refractivity contribution in [3.8, 4) is 11.4 Å². The van der Waals surface area contributed by atoms with Crippen molar-refractivity contribution in [2.75, 3.05) is 12.4 Å². The van der Waals surface area contributed by atoms with Crippen molar-refractivity contribution >= 4 is 11.6 Å². The van der Waals surface area contributed by atoms with Gasteiger partial charge in [0.2, 0.25) is 0 Å². The fourth-order valence-electron chi connectivity index (χ4n) is 2.44. The van der Waals surface area contributed by atoms with Crippen molar-refractivity contribution in [1.29, 1.82) is 0 Å². The second kappa shape index (κ2) is 6.83. The summed E-state index contributed by atoms with van der Waals surface area (Å²) in [4.78, 5) is 24.8. The smallest absolute Gasteiger partial charge is 0.257 e. The highest BCUT2D eigenvalue weighted by Crippen LogP contribution is 2.24. The highest BCUT2D eigenvalue weighted by atomic mass is 16.5. The zero-order valence-corrected chi connectivity index (χ0v) is 13.1. The van der Waals surface area contributed by atoms with Crippen LogP contribution in [-0.2, 0) is 0 Å². The first-order valence-corrected chi connectivity index (χ1v) is 7.42. The Hall–Kier alpha value is -3.34. The number of para-hydroxylation sites is 3. The number of amides is 1. The molecule has 0 atom stereocenters. The Bertz CT molecular complexity index is 931. The highest BCUT2D eigenvalue weighted by molar-refractivity contribution is 6.07. The topological polar surface area (TPSA) is 60.3 Å². The van der Waals surface area contributed by atoms with Gasteiger partial charge in [0.1, 0.15) is 5.75 Å². The Labute approximate surface area is 139 Å². The summed E-state index contributed by atoms with van der Waals surface area (Å²) in [5, 5.41) is 2.83. The summed E-state index contributed by atoms with van der Waals surface area (Å²) >= 11 is 0. The van der Waals surface area contributed by atoms with Crippen LogP contribution in [0.2, 0.25) is 0 Å². The molecule has 0 saturated heterocycles. The number of carbonyl (C=O) groups is 1. The lowest BCUT2D eigenvalue weighted by Gasteiger charge is -2.13. The van der Waals surface area contributed by atoms with E-state index < -0.39 is 0 Å². The summed E-state index contributed by atoms with van der Waals surface area (Å²) in [6, 6.07) is 19.0. The molecule has 5 nitrogen and oxygen atoms in total. The van der Waals surface area contributed by atoms with Crippen molar-refractivity contribution < 1.29 is 9.53 Å². The van der Waals surface area contributed by atoms with Crippen LogP contribution < -0.4 is 15.6 Å². The molecule has 24 heavy (non-hydrogen) atoms. The minimum absolute atomic E-state index is 0.199. The van der Waals surface area contributed by atoms with Crippen molar-refractivity contribution in [1.82, 2.24) is 4.57 Å². The van der Waals surface area contributed by atoms with Crippen LogP contribution in [0.5, 0.6) is 5.75 Å². The van der Waals surface area contributed by atoms with Gasteiger partial charge in [-0.25, -0.2) is 0 Å². The van der Waals surface area contributed by atoms with E-state index in [2.05, 4.69) is 5.32 Å². The average Bonchev–Trinajstić information content (AvgIpc) is 2.62. The second-order valence-electron chi connectivity index (χ2n) is 5.08. The van der Waals surface area contributed by atoms with E-state index in [1.807, 2.05) is 12.1 Å². The number of methoxy groups -OCH3 is 1. The third kappa shape index (κ3) is 3.05. The van der Waals surface area contributed by atoms with Crippen LogP contribution in [0.15, 0.2) is 77.7 Å². The maximum Gasteiger partial charge on any atom is 0.257 e. The number of rotatable bonds is 4. The van der Waals surface area contributed by atoms with E-state index >= 15 is 0 Å². The Kier molecular flexibility index (Phi) is 4.43. The zero-order valence-electron chi connectivity index (χ0n) is 13.1. The molecule has 0 aliphatic heterocycles. The standard InChI is InChI=1S/C19H16N2O3/c1-24-17-11-5-3-9-15(17)20-19(23)14-8-2-4-10-16(14)21-13-7-6-12-18(21)22/h2-13H,1H3,(H,20,23). The molecule has 0 bridgehead atoms. The van der Waals surface area contributed by atoms with Gasteiger partial charge in [0.25, 0.3) is 11.5 Å². The average molecular weight is 320 g/mol. The lowest BCUT2D eigenvalue weighted by molar-refractivity contribution is 0.102. The molecule has 1 aromatic heterocycles. The molecule has 0 unspecified atom stereocenters. The molecule has 5 heteroatoms. The first-order valence-electron chi connectivity index (χ1n) is 7.42. The molecule has 2 aromatic carbocycles. The van der Waals surface area contributed by atoms with E-state index in [4.69, 9.17) is 4.74 Å². The summed E-state index contributed by atoms with van der Waals surface area (Å²) in [6.45, 7) is 0. The number of pyridine rings is 1. The van der Waals surface area contributed by atoms with Gasteiger partial charge < -0.3 is 10.1 Å². The van der Waals surface area contributed by atoms with E-state index in [1.54, 1.807) is 61.8 Å². The summed E-state index contributed by atoms with van der Waals surface area (Å²) in [5.41, 5.74) is 1.29. The molecule has 0 aliphatic rings. The zero-order chi connectivity index (χ0) is 16.9. The fraction of sp³-hybridized carbons (Fsp3) is 0.0526. The van der Waals surface area contributed by atoms with Gasteiger partial charge in [-0.2, -0.15) is 0 Å². The lowest BCUT2D eigenvalue weighted by atomic mass is 10.1. The number of ether oxygens (including phenoxy) is 1. The molecule has 0 spiro atoms. The van der Waals surface area contributed by atoms with Crippen molar-refractivity contribution in [2.24, 2.45) is 0 Å². The fourth-order valence-corrected chi connectivity index (χ4v) is 2.44. The quantitative estimate of drug-likeness (QED) is 0.803. The van der Waals surface area contributed by atoms with Crippen LogP contribution in [0.4, 0.5) is 5.69 Å². The van der Waals surface area contributed by atoms with Crippen LogP contribution in [0.25, 0.3) is 5.69 Å². The maximum absolute atomic E-state index is 12.7. The molecule has 0 saturated carbocycles. The number of hydrogen-bond donors (Lipinski definition) is 1. The number of benzene rings is 2. The minimum atomic E-state index is -0.314. The van der Waals surface area contributed by atoms with Crippen LogP contribution in [0.3, 0.4) is 0 Å². The van der Waals surface area contributed by atoms with E-state index in [0.717, 1.165) is 0 Å². The Morgan fingerprint density at radius 3 is 2.46 bits per heavy atom. The molecule has 3 aromatic rings. The van der Waals surface area contributed by atoms with Gasteiger partial charge in [0, 0.05) is 12.3 Å². The van der Waals surface area contributed by atoms with Crippen LogP contribution in [-0.4, -0.2) is 17.6 Å². The molecule has 1 amide bonds. The maximum atomic E-state index is 12.7. The van der Waals surface area contributed by atoms with Crippen LogP contribution >= 0.6 is 0 Å². The molecular weight excluding hydrogens is 304 g/mol. The molecule has 0 radical (unpaired) electrons. The molecule has 1 N–H and O–H groups in total. The highest BCUT2D eigenvalue weighted by Gasteiger charge is 2.14. The Morgan fingerprint density at radius 1 is 0.958 bits per heavy atom. The number of nitrogens with one attached hydrogen (secondary N) is 1. The third-order valence-electron chi connectivity index (χ3n) is 3.59. The first kappa shape index (κ1) is 15.6. The summed E-state index contributed by atoms with van der Waals surface area (Å²) in [5.74, 6) is 0.256. The monoisotopic (exact) mass is 320 g/mol. The largest absolute Gasteiger partial charge is 0.495 e. The van der Waals surface area contributed by atoms with Crippen molar-refractivity contribution in [2.45, 2.75) is 0 Å². The third-order valence-corrected chi connectivity index (χ3v) is 3.59. The van der Waals surface area contributed by atoms with Gasteiger partial charge in [-0.1, -0.05) is 30.3 Å².